The smallest absolute Gasteiger partial charge is 0.251 e. The zero-order chi connectivity index (χ0) is 17.6. The second kappa shape index (κ2) is 8.07. The molecule has 1 aromatic heterocycles. The van der Waals surface area contributed by atoms with Crippen LogP contribution in [0.15, 0.2) is 64.5 Å². The third-order valence-corrected chi connectivity index (χ3v) is 4.54. The van der Waals surface area contributed by atoms with Gasteiger partial charge in [0.05, 0.1) is 5.69 Å². The molecule has 3 nitrogen and oxygen atoms in total. The van der Waals surface area contributed by atoms with Crippen molar-refractivity contribution in [1.29, 1.82) is 0 Å². The van der Waals surface area contributed by atoms with Crippen molar-refractivity contribution < 1.29 is 8.78 Å². The molecule has 0 atom stereocenters. The molecule has 0 spiro atoms. The van der Waals surface area contributed by atoms with Crippen LogP contribution in [-0.2, 0) is 12.8 Å². The SMILES string of the molecule is O=c1cc(Cc2c(F)cccc2F)nc(SCCc2ccccc2)[nH]1. The van der Waals surface area contributed by atoms with Gasteiger partial charge in [-0.1, -0.05) is 48.2 Å². The summed E-state index contributed by atoms with van der Waals surface area (Å²) in [5.41, 5.74) is 1.13. The van der Waals surface area contributed by atoms with Crippen LogP contribution in [0.1, 0.15) is 16.8 Å². The molecular formula is C19H16F2N2OS. The average molecular weight is 358 g/mol. The number of nitrogens with one attached hydrogen (secondary N) is 1. The van der Waals surface area contributed by atoms with Gasteiger partial charge >= 0.3 is 0 Å². The van der Waals surface area contributed by atoms with Crippen LogP contribution >= 0.6 is 11.8 Å². The Morgan fingerprint density at radius 2 is 1.72 bits per heavy atom. The minimum atomic E-state index is -0.639. The number of aromatic amines is 1. The lowest BCUT2D eigenvalue weighted by molar-refractivity contribution is 0.559. The van der Waals surface area contributed by atoms with Gasteiger partial charge in [-0.05, 0) is 24.1 Å². The molecule has 0 radical (unpaired) electrons. The number of aryl methyl sites for hydroxylation is 1. The van der Waals surface area contributed by atoms with Gasteiger partial charge in [-0.15, -0.1) is 0 Å². The molecule has 0 aliphatic heterocycles. The van der Waals surface area contributed by atoms with E-state index < -0.39 is 11.6 Å². The first-order valence-electron chi connectivity index (χ1n) is 7.81. The summed E-state index contributed by atoms with van der Waals surface area (Å²) in [6.45, 7) is 0. The molecule has 3 aromatic rings. The highest BCUT2D eigenvalue weighted by Gasteiger charge is 2.11. The Bertz CT molecular complexity index is 893. The van der Waals surface area contributed by atoms with Gasteiger partial charge < -0.3 is 4.98 Å². The zero-order valence-corrected chi connectivity index (χ0v) is 14.2. The third kappa shape index (κ3) is 4.76. The standard InChI is InChI=1S/C19H16F2N2OS/c20-16-7-4-8-17(21)15(16)11-14-12-18(24)23-19(22-14)25-10-9-13-5-2-1-3-6-13/h1-8,12H,9-11H2,(H,22,23,24). The molecule has 3 rings (SSSR count). The van der Waals surface area contributed by atoms with E-state index in [0.717, 1.165) is 12.2 Å². The second-order valence-corrected chi connectivity index (χ2v) is 6.59. The van der Waals surface area contributed by atoms with Crippen LogP contribution in [0.2, 0.25) is 0 Å². The van der Waals surface area contributed by atoms with Crippen LogP contribution in [0.5, 0.6) is 0 Å². The van der Waals surface area contributed by atoms with Crippen LogP contribution < -0.4 is 5.56 Å². The molecule has 25 heavy (non-hydrogen) atoms. The number of hydrogen-bond acceptors (Lipinski definition) is 3. The summed E-state index contributed by atoms with van der Waals surface area (Å²) in [6, 6.07) is 15.0. The molecule has 0 unspecified atom stereocenters. The molecule has 0 fully saturated rings. The number of thioether (sulfide) groups is 1. The van der Waals surface area contributed by atoms with Gasteiger partial charge in [0, 0.05) is 23.8 Å². The first kappa shape index (κ1) is 17.4. The fraction of sp³-hybridized carbons (Fsp3) is 0.158. The lowest BCUT2D eigenvalue weighted by atomic mass is 10.1. The van der Waals surface area contributed by atoms with Crippen LogP contribution in [0.4, 0.5) is 8.78 Å². The highest BCUT2D eigenvalue weighted by molar-refractivity contribution is 7.99. The number of H-pyrrole nitrogens is 1. The zero-order valence-electron chi connectivity index (χ0n) is 13.3. The molecule has 0 bridgehead atoms. The van der Waals surface area contributed by atoms with Gasteiger partial charge in [0.1, 0.15) is 11.6 Å². The molecule has 0 saturated carbocycles. The second-order valence-electron chi connectivity index (χ2n) is 5.50. The molecule has 0 saturated heterocycles. The minimum absolute atomic E-state index is 0.0608. The van der Waals surface area contributed by atoms with Crippen molar-refractivity contribution in [2.75, 3.05) is 5.75 Å². The van der Waals surface area contributed by atoms with Crippen molar-refractivity contribution >= 4 is 11.8 Å². The van der Waals surface area contributed by atoms with E-state index in [1.807, 2.05) is 30.3 Å². The predicted octanol–water partition coefficient (Wildman–Crippen LogP) is 3.97. The Kier molecular flexibility index (Phi) is 5.60. The molecule has 0 aliphatic carbocycles. The van der Waals surface area contributed by atoms with Crippen molar-refractivity contribution in [2.45, 2.75) is 18.0 Å². The fourth-order valence-corrected chi connectivity index (χ4v) is 3.32. The maximum absolute atomic E-state index is 13.8. The van der Waals surface area contributed by atoms with E-state index in [0.29, 0.717) is 10.9 Å². The summed E-state index contributed by atoms with van der Waals surface area (Å²) in [6.07, 6.45) is 0.774. The molecular weight excluding hydrogens is 342 g/mol. The van der Waals surface area contributed by atoms with E-state index in [1.54, 1.807) is 0 Å². The summed E-state index contributed by atoms with van der Waals surface area (Å²) in [5.74, 6) is -0.537. The molecule has 0 aliphatic rings. The highest BCUT2D eigenvalue weighted by Crippen LogP contribution is 2.18. The molecule has 1 N–H and O–H groups in total. The first-order chi connectivity index (χ1) is 12.1. The molecule has 0 amide bonds. The third-order valence-electron chi connectivity index (χ3n) is 3.66. The Labute approximate surface area is 148 Å². The van der Waals surface area contributed by atoms with Gasteiger partial charge in [-0.2, -0.15) is 0 Å². The van der Waals surface area contributed by atoms with E-state index in [1.165, 1.54) is 41.6 Å². The van der Waals surface area contributed by atoms with Crippen molar-refractivity contribution in [3.63, 3.8) is 0 Å². The Balaban J connectivity index is 1.71. The Morgan fingerprint density at radius 1 is 1.00 bits per heavy atom. The quantitative estimate of drug-likeness (QED) is 0.536. The summed E-state index contributed by atoms with van der Waals surface area (Å²) < 4.78 is 27.5. The first-order valence-corrected chi connectivity index (χ1v) is 8.80. The van der Waals surface area contributed by atoms with E-state index in [4.69, 9.17) is 0 Å². The topological polar surface area (TPSA) is 45.8 Å². The highest BCUT2D eigenvalue weighted by atomic mass is 32.2. The number of hydrogen-bond donors (Lipinski definition) is 1. The number of benzene rings is 2. The number of rotatable bonds is 6. The number of aromatic nitrogens is 2. The molecule has 128 valence electrons. The number of halogens is 2. The van der Waals surface area contributed by atoms with E-state index >= 15 is 0 Å². The maximum Gasteiger partial charge on any atom is 0.251 e. The van der Waals surface area contributed by atoms with Crippen molar-refractivity contribution in [1.82, 2.24) is 9.97 Å². The lowest BCUT2D eigenvalue weighted by Crippen LogP contribution is -2.11. The normalized spacial score (nSPS) is 10.8. The lowest BCUT2D eigenvalue weighted by Gasteiger charge is -2.06. The van der Waals surface area contributed by atoms with E-state index in [2.05, 4.69) is 9.97 Å². The van der Waals surface area contributed by atoms with E-state index in [9.17, 15) is 13.6 Å². The Morgan fingerprint density at radius 3 is 2.44 bits per heavy atom. The van der Waals surface area contributed by atoms with E-state index in [-0.39, 0.29) is 17.5 Å². The average Bonchev–Trinajstić information content (AvgIpc) is 2.59. The maximum atomic E-state index is 13.8. The van der Waals surface area contributed by atoms with Crippen molar-refractivity contribution in [3.05, 3.63) is 93.4 Å². The number of nitrogens with zero attached hydrogens (tertiary/aromatic N) is 1. The molecule has 2 aromatic carbocycles. The molecule has 6 heteroatoms. The van der Waals surface area contributed by atoms with Gasteiger partial charge in [0.2, 0.25) is 0 Å². The fourth-order valence-electron chi connectivity index (χ4n) is 2.43. The van der Waals surface area contributed by atoms with Crippen LogP contribution in [0.3, 0.4) is 0 Å². The summed E-state index contributed by atoms with van der Waals surface area (Å²) >= 11 is 1.41. The van der Waals surface area contributed by atoms with Crippen LogP contribution in [-0.4, -0.2) is 15.7 Å². The largest absolute Gasteiger partial charge is 0.301 e. The van der Waals surface area contributed by atoms with Crippen molar-refractivity contribution in [2.24, 2.45) is 0 Å². The van der Waals surface area contributed by atoms with Gasteiger partial charge in [-0.3, -0.25) is 4.79 Å². The summed E-state index contributed by atoms with van der Waals surface area (Å²) in [7, 11) is 0. The van der Waals surface area contributed by atoms with Gasteiger partial charge in [0.15, 0.2) is 5.16 Å². The van der Waals surface area contributed by atoms with Crippen molar-refractivity contribution in [3.8, 4) is 0 Å². The Hall–Kier alpha value is -2.47. The monoisotopic (exact) mass is 358 g/mol. The molecule has 1 heterocycles. The summed E-state index contributed by atoms with van der Waals surface area (Å²) in [5, 5.41) is 0.454. The van der Waals surface area contributed by atoms with Gasteiger partial charge in [-0.25, -0.2) is 13.8 Å². The van der Waals surface area contributed by atoms with Crippen LogP contribution in [0.25, 0.3) is 0 Å². The van der Waals surface area contributed by atoms with Gasteiger partial charge in [0.25, 0.3) is 5.56 Å². The van der Waals surface area contributed by atoms with Crippen LogP contribution in [0, 0.1) is 11.6 Å². The minimum Gasteiger partial charge on any atom is -0.301 e. The predicted molar refractivity (Wildman–Crippen MR) is 94.9 cm³/mol. The summed E-state index contributed by atoms with van der Waals surface area (Å²) in [4.78, 5) is 18.8.